The van der Waals surface area contributed by atoms with Crippen molar-refractivity contribution in [2.24, 2.45) is 5.34 Å². The van der Waals surface area contributed by atoms with Gasteiger partial charge in [0.15, 0.2) is 0 Å². The molecule has 0 bridgehead atoms. The molecule has 0 atom stereocenters. The first kappa shape index (κ1) is 102. The number of hydrogen-bond acceptors (Lipinski definition) is 3. The van der Waals surface area contributed by atoms with Crippen molar-refractivity contribution in [3.8, 4) is 0 Å². The van der Waals surface area contributed by atoms with E-state index in [0.717, 1.165) is 5.34 Å². The van der Waals surface area contributed by atoms with E-state index in [1.165, 1.54) is 0 Å². The van der Waals surface area contributed by atoms with Gasteiger partial charge in [-0.2, -0.15) is 0 Å². The summed E-state index contributed by atoms with van der Waals surface area (Å²) in [6.45, 7) is 0. The molecule has 0 aromatic rings. The van der Waals surface area contributed by atoms with Crippen LogP contribution in [0.15, 0.2) is 5.34 Å². The minimum Gasteiger partial charge on any atom is -0.693 e. The third kappa shape index (κ3) is 28000. The molecule has 8 heteroatoms. The van der Waals surface area contributed by atoms with E-state index in [1.807, 2.05) is 0 Å². The Labute approximate surface area is 61.7 Å². The first-order chi connectivity index (χ1) is 1.41. The van der Waals surface area contributed by atoms with Crippen LogP contribution in [-0.4, -0.2) is 0 Å². The van der Waals surface area contributed by atoms with E-state index in [2.05, 4.69) is 0 Å². The first-order valence-corrected chi connectivity index (χ1v) is 0.365. The van der Waals surface area contributed by atoms with Crippen molar-refractivity contribution in [3.63, 3.8) is 0 Å². The molecule has 0 spiro atoms. The van der Waals surface area contributed by atoms with Gasteiger partial charge in [-0.1, -0.05) is 0 Å². The maximum absolute atomic E-state index is 8.00. The number of hydrogen-bond donors (Lipinski definition) is 0. The summed E-state index contributed by atoms with van der Waals surface area (Å²) in [5, 5.41) is 9.00. The van der Waals surface area contributed by atoms with E-state index in [9.17, 15) is 0 Å². The predicted octanol–water partition coefficient (Wildman–Crippen LogP) is 3.12. The van der Waals surface area contributed by atoms with Crippen LogP contribution in [-0.2, 0) is 21.1 Å². The maximum atomic E-state index is 8.00. The zero-order valence-corrected chi connectivity index (χ0v) is 6.16. The summed E-state index contributed by atoms with van der Waals surface area (Å²) >= 11 is 0. The smallest absolute Gasteiger partial charge is 0.693 e. The summed E-state index contributed by atoms with van der Waals surface area (Å²) < 4.78 is 0. The molecular formula is H8N5O2Pt-. The van der Waals surface area contributed by atoms with Crippen LogP contribution < -0.4 is 0 Å². The van der Waals surface area contributed by atoms with Crippen LogP contribution in [0.4, 0.5) is 0 Å². The Morgan fingerprint density at radius 1 is 1.00 bits per heavy atom. The molecule has 0 radical (unpaired) electrons. The van der Waals surface area contributed by atoms with Crippen LogP contribution in [0, 0.1) is 10.1 Å². The second-order valence-corrected chi connectivity index (χ2v) is 0.0745. The fourth-order valence-corrected chi connectivity index (χ4v) is 0. The predicted molar refractivity (Wildman–Crippen MR) is 30.3 cm³/mol. The minimum atomic E-state index is 0. The van der Waals surface area contributed by atoms with Crippen molar-refractivity contribution in [2.45, 2.75) is 0 Å². The standard InChI is InChI=1S/HNO2.4H2N.Pt/c2-1-3;;;;;/h(H,2,3);4*1H2;/q;4*-1;+4/p-1. The zero-order chi connectivity index (χ0) is 2.71. The Balaban J connectivity index is -0.00000000200. The molecule has 0 saturated carbocycles. The van der Waals surface area contributed by atoms with Crippen molar-refractivity contribution in [1.29, 1.82) is 0 Å². The van der Waals surface area contributed by atoms with E-state index in [4.69, 9.17) is 10.1 Å². The largest absolute Gasteiger partial charge is 4.00 e. The zero-order valence-electron chi connectivity index (χ0n) is 3.89. The van der Waals surface area contributed by atoms with Gasteiger partial charge in [-0.25, -0.2) is 0 Å². The van der Waals surface area contributed by atoms with Gasteiger partial charge in [0.05, 0.1) is 0 Å². The van der Waals surface area contributed by atoms with Crippen LogP contribution in [0.3, 0.4) is 0 Å². The molecule has 0 saturated heterocycles. The Kier molecular flexibility index (Phi) is 3610. The van der Waals surface area contributed by atoms with Gasteiger partial charge in [-0.05, 0) is 0 Å². The van der Waals surface area contributed by atoms with Gasteiger partial charge in [0.2, 0.25) is 0 Å². The quantitative estimate of drug-likeness (QED) is 0.491. The van der Waals surface area contributed by atoms with Gasteiger partial charge < -0.3 is 34.7 Å². The topological polar surface area (TPSA) is 186 Å². The fourth-order valence-electron chi connectivity index (χ4n) is 0. The molecule has 7 nitrogen and oxygen atoms in total. The van der Waals surface area contributed by atoms with E-state index in [1.54, 1.807) is 0 Å². The van der Waals surface area contributed by atoms with Crippen molar-refractivity contribution in [1.82, 2.24) is 0 Å². The van der Waals surface area contributed by atoms with Gasteiger partial charge in [-0.15, -0.1) is 5.34 Å². The molecular weight excluding hydrogens is 297 g/mol. The molecule has 0 aromatic carbocycles. The SMILES string of the molecule is O=N[O-].[NH2-].[NH2-].[NH2-].[NH2-].[Pt+4]. The molecule has 0 rings (SSSR count). The number of rotatable bonds is 0. The Bertz CT molecular complexity index is 17.9. The van der Waals surface area contributed by atoms with Crippen LogP contribution >= 0.6 is 0 Å². The van der Waals surface area contributed by atoms with Crippen molar-refractivity contribution >= 4 is 0 Å². The molecule has 0 unspecified atom stereocenters. The summed E-state index contributed by atoms with van der Waals surface area (Å²) in [5.74, 6) is 0. The summed E-state index contributed by atoms with van der Waals surface area (Å²) in [7, 11) is 0. The summed E-state index contributed by atoms with van der Waals surface area (Å²) in [5.41, 5.74) is 0. The van der Waals surface area contributed by atoms with Crippen LogP contribution in [0.1, 0.15) is 0 Å². The van der Waals surface area contributed by atoms with E-state index in [0.29, 0.717) is 0 Å². The van der Waals surface area contributed by atoms with Gasteiger partial charge >= 0.3 is 21.1 Å². The number of nitrogens with two attached hydrogens (primary N) is 4. The monoisotopic (exact) mass is 305 g/mol. The maximum Gasteiger partial charge on any atom is 4.00 e. The normalized spacial score (nSPS) is 1.50. The number of nitrogens with zero attached hydrogens (tertiary/aromatic N) is 1. The second kappa shape index (κ2) is 283. The molecule has 0 aliphatic carbocycles. The molecule has 8 heavy (non-hydrogen) atoms. The average molecular weight is 305 g/mol. The summed E-state index contributed by atoms with van der Waals surface area (Å²) in [4.78, 5) is 8.00. The van der Waals surface area contributed by atoms with E-state index in [-0.39, 0.29) is 45.7 Å². The van der Waals surface area contributed by atoms with Crippen molar-refractivity contribution in [3.05, 3.63) is 34.7 Å². The molecule has 8 N–H and O–H groups in total. The average Bonchev–Trinajstić information content (AvgIpc) is 0.918. The molecule has 56 valence electrons. The molecule has 0 amide bonds. The minimum absolute atomic E-state index is 0. The summed E-state index contributed by atoms with van der Waals surface area (Å²) in [6.07, 6.45) is 0. The Morgan fingerprint density at radius 2 is 1.00 bits per heavy atom. The van der Waals surface area contributed by atoms with Crippen LogP contribution in [0.25, 0.3) is 24.6 Å². The third-order valence-corrected chi connectivity index (χ3v) is 0. The summed E-state index contributed by atoms with van der Waals surface area (Å²) in [6, 6.07) is 0. The molecule has 0 fully saturated rings. The Hall–Kier alpha value is -0.0717. The molecule has 0 aliphatic heterocycles. The van der Waals surface area contributed by atoms with Crippen LogP contribution in [0.5, 0.6) is 0 Å². The van der Waals surface area contributed by atoms with Crippen molar-refractivity contribution < 1.29 is 21.1 Å². The molecule has 0 aliphatic rings. The van der Waals surface area contributed by atoms with Gasteiger partial charge in [0.25, 0.3) is 0 Å². The van der Waals surface area contributed by atoms with Gasteiger partial charge in [0.1, 0.15) is 0 Å². The molecule has 0 aromatic heterocycles. The van der Waals surface area contributed by atoms with E-state index >= 15 is 0 Å². The van der Waals surface area contributed by atoms with Crippen molar-refractivity contribution in [2.75, 3.05) is 0 Å². The molecule has 0 heterocycles. The third-order valence-electron chi connectivity index (χ3n) is 0. The Morgan fingerprint density at radius 3 is 1.00 bits per heavy atom. The second-order valence-electron chi connectivity index (χ2n) is 0.0745. The van der Waals surface area contributed by atoms with E-state index < -0.39 is 0 Å². The first-order valence-electron chi connectivity index (χ1n) is 0.365. The van der Waals surface area contributed by atoms with Gasteiger partial charge in [-0.3, -0.25) is 0 Å². The van der Waals surface area contributed by atoms with Crippen LogP contribution in [0.2, 0.25) is 0 Å². The fraction of sp³-hybridized carbons (Fsp3) is 0. The van der Waals surface area contributed by atoms with Gasteiger partial charge in [0, 0.05) is 0 Å².